The molecule has 0 aliphatic carbocycles. The molecule has 5 nitrogen and oxygen atoms in total. The Bertz CT molecular complexity index is 719. The van der Waals surface area contributed by atoms with Crippen molar-refractivity contribution >= 4 is 11.6 Å². The first kappa shape index (κ1) is 20.9. The van der Waals surface area contributed by atoms with E-state index < -0.39 is 17.6 Å². The molecule has 0 fully saturated rings. The van der Waals surface area contributed by atoms with Crippen molar-refractivity contribution in [2.75, 3.05) is 29.9 Å². The summed E-state index contributed by atoms with van der Waals surface area (Å²) in [4.78, 5) is 9.57. The first-order valence-electron chi connectivity index (χ1n) is 8.72. The van der Waals surface area contributed by atoms with Gasteiger partial charge in [-0.2, -0.15) is 17.6 Å². The Balaban J connectivity index is 2.12. The van der Waals surface area contributed by atoms with Crippen LogP contribution in [0.15, 0.2) is 30.6 Å². The zero-order valence-corrected chi connectivity index (χ0v) is 15.1. The van der Waals surface area contributed by atoms with Crippen LogP contribution in [0.25, 0.3) is 0 Å². The number of halogens is 4. The molecule has 0 atom stereocenters. The van der Waals surface area contributed by atoms with E-state index >= 15 is 0 Å². The van der Waals surface area contributed by atoms with Gasteiger partial charge in [0.1, 0.15) is 6.33 Å². The summed E-state index contributed by atoms with van der Waals surface area (Å²) in [5, 5.41) is 2.92. The van der Waals surface area contributed by atoms with Crippen LogP contribution in [-0.4, -0.2) is 29.6 Å². The highest BCUT2D eigenvalue weighted by molar-refractivity contribution is 5.51. The van der Waals surface area contributed by atoms with Gasteiger partial charge in [-0.05, 0) is 44.0 Å². The van der Waals surface area contributed by atoms with E-state index in [1.54, 1.807) is 4.90 Å². The molecule has 148 valence electrons. The highest BCUT2D eigenvalue weighted by atomic mass is 19.4. The normalized spacial score (nSPS) is 11.5. The van der Waals surface area contributed by atoms with Crippen molar-refractivity contribution in [1.82, 2.24) is 9.97 Å². The summed E-state index contributed by atoms with van der Waals surface area (Å²) in [5.74, 6) is -0.379. The van der Waals surface area contributed by atoms with Crippen LogP contribution in [0.4, 0.5) is 29.2 Å². The average molecular weight is 385 g/mol. The second-order valence-electron chi connectivity index (χ2n) is 5.99. The molecule has 2 aromatic rings. The Morgan fingerprint density at radius 2 is 1.81 bits per heavy atom. The van der Waals surface area contributed by atoms with Gasteiger partial charge in [0, 0.05) is 19.6 Å². The molecule has 0 unspecified atom stereocenters. The highest BCUT2D eigenvalue weighted by Crippen LogP contribution is 2.29. The van der Waals surface area contributed by atoms with E-state index in [9.17, 15) is 17.6 Å². The topological polar surface area (TPSA) is 67.1 Å². The predicted molar refractivity (Wildman–Crippen MR) is 96.9 cm³/mol. The van der Waals surface area contributed by atoms with Crippen molar-refractivity contribution in [3.63, 3.8) is 0 Å². The van der Waals surface area contributed by atoms with Gasteiger partial charge in [-0.1, -0.05) is 12.1 Å². The molecule has 0 amide bonds. The van der Waals surface area contributed by atoms with Crippen molar-refractivity contribution in [3.05, 3.63) is 47.5 Å². The first-order valence-corrected chi connectivity index (χ1v) is 8.72. The van der Waals surface area contributed by atoms with Gasteiger partial charge in [-0.15, -0.1) is 0 Å². The lowest BCUT2D eigenvalue weighted by Gasteiger charge is -2.23. The minimum atomic E-state index is -4.38. The van der Waals surface area contributed by atoms with E-state index in [4.69, 9.17) is 5.73 Å². The summed E-state index contributed by atoms with van der Waals surface area (Å²) >= 11 is 0. The summed E-state index contributed by atoms with van der Waals surface area (Å²) in [6, 6.07) is 4.81. The van der Waals surface area contributed by atoms with Crippen LogP contribution in [0, 0.1) is 5.82 Å². The number of nitrogens with one attached hydrogen (secondary N) is 1. The number of hydrogen-bond donors (Lipinski definition) is 2. The van der Waals surface area contributed by atoms with Gasteiger partial charge in [0.25, 0.3) is 0 Å². The van der Waals surface area contributed by atoms with Crippen molar-refractivity contribution < 1.29 is 17.6 Å². The largest absolute Gasteiger partial charge is 0.416 e. The molecule has 2 rings (SSSR count). The standard InChI is InChI=1S/C18H23F4N5/c1-2-27(11-13-5-7-14(8-6-13)18(20,21)22)17-15(19)16(25-12-26-17)24-10-4-3-9-23/h5-8,12H,2-4,9-11,23H2,1H3,(H,24,25,26). The molecule has 9 heteroatoms. The van der Waals surface area contributed by atoms with E-state index in [-0.39, 0.29) is 18.2 Å². The Labute approximate surface area is 155 Å². The maximum absolute atomic E-state index is 14.7. The third-order valence-corrected chi connectivity index (χ3v) is 4.03. The average Bonchev–Trinajstić information content (AvgIpc) is 2.64. The fourth-order valence-corrected chi connectivity index (χ4v) is 2.54. The van der Waals surface area contributed by atoms with Gasteiger partial charge >= 0.3 is 6.18 Å². The Morgan fingerprint density at radius 3 is 2.41 bits per heavy atom. The van der Waals surface area contributed by atoms with Gasteiger partial charge in [0.15, 0.2) is 11.6 Å². The molecule has 0 spiro atoms. The number of alkyl halides is 3. The van der Waals surface area contributed by atoms with Crippen molar-refractivity contribution in [3.8, 4) is 0 Å². The lowest BCUT2D eigenvalue weighted by Crippen LogP contribution is -2.25. The third-order valence-electron chi connectivity index (χ3n) is 4.03. The predicted octanol–water partition coefficient (Wildman–Crippen LogP) is 3.81. The van der Waals surface area contributed by atoms with E-state index in [0.29, 0.717) is 25.2 Å². The SMILES string of the molecule is CCN(Cc1ccc(C(F)(F)F)cc1)c1ncnc(NCCCCN)c1F. The third kappa shape index (κ3) is 5.78. The van der Waals surface area contributed by atoms with Gasteiger partial charge in [-0.3, -0.25) is 0 Å². The van der Waals surface area contributed by atoms with Gasteiger partial charge in [0.2, 0.25) is 5.82 Å². The Hall–Kier alpha value is -2.42. The quantitative estimate of drug-likeness (QED) is 0.508. The zero-order chi connectivity index (χ0) is 19.9. The minimum Gasteiger partial charge on any atom is -0.367 e. The van der Waals surface area contributed by atoms with Crippen LogP contribution >= 0.6 is 0 Å². The van der Waals surface area contributed by atoms with Crippen molar-refractivity contribution in [2.24, 2.45) is 5.73 Å². The number of benzene rings is 1. The molecule has 0 radical (unpaired) electrons. The molecular weight excluding hydrogens is 362 g/mol. The molecule has 0 aliphatic rings. The summed E-state index contributed by atoms with van der Waals surface area (Å²) in [5.41, 5.74) is 5.34. The van der Waals surface area contributed by atoms with Crippen molar-refractivity contribution in [1.29, 1.82) is 0 Å². The molecule has 0 aliphatic heterocycles. The van der Waals surface area contributed by atoms with E-state index in [2.05, 4.69) is 15.3 Å². The summed E-state index contributed by atoms with van der Waals surface area (Å²) in [6.07, 6.45) is -1.51. The van der Waals surface area contributed by atoms with Gasteiger partial charge < -0.3 is 16.0 Å². The van der Waals surface area contributed by atoms with Crippen LogP contribution in [-0.2, 0) is 12.7 Å². The van der Waals surface area contributed by atoms with Crippen LogP contribution in [0.1, 0.15) is 30.9 Å². The number of aromatic nitrogens is 2. The van der Waals surface area contributed by atoms with Crippen LogP contribution in [0.2, 0.25) is 0 Å². The minimum absolute atomic E-state index is 0.0999. The van der Waals surface area contributed by atoms with Gasteiger partial charge in [-0.25, -0.2) is 9.97 Å². The molecule has 0 bridgehead atoms. The number of unbranched alkanes of at least 4 members (excludes halogenated alkanes) is 1. The monoisotopic (exact) mass is 385 g/mol. The number of nitrogens with zero attached hydrogens (tertiary/aromatic N) is 3. The lowest BCUT2D eigenvalue weighted by atomic mass is 10.1. The molecule has 3 N–H and O–H groups in total. The molecular formula is C18H23F4N5. The number of anilines is 2. The number of hydrogen-bond acceptors (Lipinski definition) is 5. The van der Waals surface area contributed by atoms with Crippen LogP contribution in [0.3, 0.4) is 0 Å². The lowest BCUT2D eigenvalue weighted by molar-refractivity contribution is -0.137. The molecule has 27 heavy (non-hydrogen) atoms. The molecule has 1 aromatic heterocycles. The van der Waals surface area contributed by atoms with Crippen molar-refractivity contribution in [2.45, 2.75) is 32.5 Å². The zero-order valence-electron chi connectivity index (χ0n) is 15.1. The molecule has 0 saturated heterocycles. The van der Waals surface area contributed by atoms with Gasteiger partial charge in [0.05, 0.1) is 5.56 Å². The smallest absolute Gasteiger partial charge is 0.367 e. The summed E-state index contributed by atoms with van der Waals surface area (Å²) < 4.78 is 52.7. The molecule has 1 aromatic carbocycles. The second-order valence-corrected chi connectivity index (χ2v) is 5.99. The van der Waals surface area contributed by atoms with E-state index in [1.807, 2.05) is 6.92 Å². The number of nitrogens with two attached hydrogens (primary N) is 1. The summed E-state index contributed by atoms with van der Waals surface area (Å²) in [7, 11) is 0. The highest BCUT2D eigenvalue weighted by Gasteiger charge is 2.30. The first-order chi connectivity index (χ1) is 12.9. The van der Waals surface area contributed by atoms with Crippen LogP contribution < -0.4 is 16.0 Å². The fraction of sp³-hybridized carbons (Fsp3) is 0.444. The maximum atomic E-state index is 14.7. The fourth-order valence-electron chi connectivity index (χ4n) is 2.54. The Kier molecular flexibility index (Phi) is 7.35. The van der Waals surface area contributed by atoms with E-state index in [0.717, 1.165) is 25.0 Å². The summed E-state index contributed by atoms with van der Waals surface area (Å²) in [6.45, 7) is 3.59. The molecule has 1 heterocycles. The van der Waals surface area contributed by atoms with E-state index in [1.165, 1.54) is 18.5 Å². The molecule has 0 saturated carbocycles. The second kappa shape index (κ2) is 9.50. The Morgan fingerprint density at radius 1 is 1.11 bits per heavy atom. The van der Waals surface area contributed by atoms with Crippen LogP contribution in [0.5, 0.6) is 0 Å². The number of rotatable bonds is 9. The maximum Gasteiger partial charge on any atom is 0.416 e.